The van der Waals surface area contributed by atoms with Crippen LogP contribution in [0.15, 0.2) is 42.5 Å². The second kappa shape index (κ2) is 6.76. The number of rotatable bonds is 4. The van der Waals surface area contributed by atoms with Crippen LogP contribution in [0.1, 0.15) is 31.1 Å². The molecule has 7 heteroatoms. The lowest BCUT2D eigenvalue weighted by molar-refractivity contribution is -0.384. The first kappa shape index (κ1) is 16.5. The predicted octanol–water partition coefficient (Wildman–Crippen LogP) is 4.74. The molecule has 2 heterocycles. The average Bonchev–Trinajstić information content (AvgIpc) is 3.02. The lowest BCUT2D eigenvalue weighted by Crippen LogP contribution is -2.19. The topological polar surface area (TPSA) is 79.4 Å². The molecule has 1 atom stereocenters. The molecule has 0 amide bonds. The summed E-state index contributed by atoms with van der Waals surface area (Å²) < 4.78 is 13.7. The van der Waals surface area contributed by atoms with Crippen LogP contribution in [0.4, 0.5) is 5.69 Å². The van der Waals surface area contributed by atoms with Crippen molar-refractivity contribution in [3.05, 3.63) is 58.1 Å². The number of hydrogen-bond acceptors (Lipinski definition) is 5. The summed E-state index contributed by atoms with van der Waals surface area (Å²) in [4.78, 5) is 10.6. The van der Waals surface area contributed by atoms with Gasteiger partial charge in [-0.25, -0.2) is 4.68 Å². The molecule has 1 aromatic heterocycles. The van der Waals surface area contributed by atoms with Gasteiger partial charge >= 0.3 is 0 Å². The number of nitro groups is 1. The number of nitro benzene ring substituents is 1. The molecule has 1 fully saturated rings. The Hall–Kier alpha value is -2.93. The third-order valence-electron chi connectivity index (χ3n) is 4.58. The molecule has 0 aliphatic carbocycles. The van der Waals surface area contributed by atoms with E-state index in [2.05, 4.69) is 5.10 Å². The molecule has 0 unspecified atom stereocenters. The fourth-order valence-corrected chi connectivity index (χ4v) is 3.30. The molecule has 26 heavy (non-hydrogen) atoms. The number of hydrogen-bond donors (Lipinski definition) is 0. The lowest BCUT2D eigenvalue weighted by atomic mass is 10.1. The summed E-state index contributed by atoms with van der Waals surface area (Å²) in [5.74, 6) is 0.825. The highest BCUT2D eigenvalue weighted by atomic mass is 16.6. The van der Waals surface area contributed by atoms with Gasteiger partial charge in [0.15, 0.2) is 6.23 Å². The quantitative estimate of drug-likeness (QED) is 0.500. The van der Waals surface area contributed by atoms with Crippen molar-refractivity contribution in [3.8, 4) is 11.6 Å². The van der Waals surface area contributed by atoms with Crippen molar-refractivity contribution in [1.29, 1.82) is 0 Å². The number of aromatic nitrogens is 2. The summed E-state index contributed by atoms with van der Waals surface area (Å²) in [7, 11) is 0. The number of benzene rings is 2. The fourth-order valence-electron chi connectivity index (χ4n) is 3.30. The third-order valence-corrected chi connectivity index (χ3v) is 4.58. The summed E-state index contributed by atoms with van der Waals surface area (Å²) in [5.41, 5.74) is 1.96. The van der Waals surface area contributed by atoms with E-state index in [1.165, 1.54) is 12.1 Å². The van der Waals surface area contributed by atoms with Crippen LogP contribution in [0.5, 0.6) is 11.6 Å². The molecule has 1 aliphatic heterocycles. The Labute approximate surface area is 150 Å². The molecule has 0 bridgehead atoms. The van der Waals surface area contributed by atoms with Crippen LogP contribution in [0.25, 0.3) is 10.9 Å². The van der Waals surface area contributed by atoms with Crippen LogP contribution in [0.2, 0.25) is 0 Å². The smallest absolute Gasteiger partial charge is 0.273 e. The van der Waals surface area contributed by atoms with E-state index in [0.29, 0.717) is 11.6 Å². The summed E-state index contributed by atoms with van der Waals surface area (Å²) >= 11 is 0. The Morgan fingerprint density at radius 1 is 1.27 bits per heavy atom. The van der Waals surface area contributed by atoms with E-state index in [1.54, 1.807) is 12.1 Å². The number of nitrogens with zero attached hydrogens (tertiary/aromatic N) is 3. The largest absolute Gasteiger partial charge is 0.437 e. The van der Waals surface area contributed by atoms with E-state index >= 15 is 0 Å². The molecular formula is C19H19N3O4. The van der Waals surface area contributed by atoms with Gasteiger partial charge in [-0.05, 0) is 43.9 Å². The van der Waals surface area contributed by atoms with Gasteiger partial charge in [0, 0.05) is 12.7 Å². The van der Waals surface area contributed by atoms with Crippen LogP contribution in [-0.2, 0) is 4.74 Å². The molecule has 1 saturated heterocycles. The van der Waals surface area contributed by atoms with E-state index in [9.17, 15) is 10.1 Å². The molecule has 0 spiro atoms. The molecular weight excluding hydrogens is 334 g/mol. The lowest BCUT2D eigenvalue weighted by Gasteiger charge is -2.23. The minimum absolute atomic E-state index is 0.0152. The Balaban J connectivity index is 1.77. The van der Waals surface area contributed by atoms with Crippen LogP contribution >= 0.6 is 0 Å². The van der Waals surface area contributed by atoms with Crippen LogP contribution in [-0.4, -0.2) is 21.3 Å². The standard InChI is InChI=1S/C19H19N3O4/c1-13-6-4-9-16-18(13)19(20-21(16)17-10-2-3-11-25-17)26-15-8-5-7-14(12-15)22(23)24/h4-9,12,17H,2-3,10-11H2,1H3/t17-/m0/s1. The molecule has 134 valence electrons. The monoisotopic (exact) mass is 353 g/mol. The minimum atomic E-state index is -0.440. The van der Waals surface area contributed by atoms with E-state index in [-0.39, 0.29) is 11.9 Å². The molecule has 3 aromatic rings. The van der Waals surface area contributed by atoms with E-state index in [0.717, 1.165) is 42.3 Å². The second-order valence-corrected chi connectivity index (χ2v) is 6.40. The van der Waals surface area contributed by atoms with Gasteiger partial charge in [0.2, 0.25) is 5.88 Å². The van der Waals surface area contributed by atoms with Crippen LogP contribution < -0.4 is 4.74 Å². The van der Waals surface area contributed by atoms with Crippen molar-refractivity contribution < 1.29 is 14.4 Å². The Morgan fingerprint density at radius 3 is 2.88 bits per heavy atom. The molecule has 2 aromatic carbocycles. The zero-order chi connectivity index (χ0) is 18.1. The van der Waals surface area contributed by atoms with Gasteiger partial charge < -0.3 is 9.47 Å². The summed E-state index contributed by atoms with van der Waals surface area (Å²) in [6.07, 6.45) is 2.95. The minimum Gasteiger partial charge on any atom is -0.437 e. The van der Waals surface area contributed by atoms with Crippen molar-refractivity contribution in [2.24, 2.45) is 0 Å². The maximum absolute atomic E-state index is 11.0. The van der Waals surface area contributed by atoms with Gasteiger partial charge in [0.1, 0.15) is 5.75 Å². The van der Waals surface area contributed by atoms with E-state index < -0.39 is 4.92 Å². The molecule has 1 aliphatic rings. The van der Waals surface area contributed by atoms with E-state index in [1.807, 2.05) is 29.8 Å². The van der Waals surface area contributed by atoms with Crippen molar-refractivity contribution in [1.82, 2.24) is 9.78 Å². The van der Waals surface area contributed by atoms with Crippen molar-refractivity contribution in [2.45, 2.75) is 32.4 Å². The summed E-state index contributed by atoms with van der Waals surface area (Å²) in [6.45, 7) is 2.72. The number of ether oxygens (including phenoxy) is 2. The van der Waals surface area contributed by atoms with Gasteiger partial charge in [0.05, 0.1) is 21.9 Å². The Morgan fingerprint density at radius 2 is 2.12 bits per heavy atom. The molecule has 7 nitrogen and oxygen atoms in total. The third kappa shape index (κ3) is 3.01. The van der Waals surface area contributed by atoms with E-state index in [4.69, 9.17) is 9.47 Å². The van der Waals surface area contributed by atoms with Crippen molar-refractivity contribution in [3.63, 3.8) is 0 Å². The Bertz CT molecular complexity index is 961. The first-order chi connectivity index (χ1) is 12.6. The number of aryl methyl sites for hydroxylation is 1. The summed E-state index contributed by atoms with van der Waals surface area (Å²) in [5, 5.41) is 16.5. The predicted molar refractivity (Wildman–Crippen MR) is 96.5 cm³/mol. The molecule has 0 radical (unpaired) electrons. The average molecular weight is 353 g/mol. The zero-order valence-corrected chi connectivity index (χ0v) is 14.4. The Kier molecular flexibility index (Phi) is 4.30. The number of fused-ring (bicyclic) bond motifs is 1. The molecule has 0 N–H and O–H groups in total. The molecule has 4 rings (SSSR count). The highest BCUT2D eigenvalue weighted by molar-refractivity contribution is 5.88. The fraction of sp³-hybridized carbons (Fsp3) is 0.316. The summed E-state index contributed by atoms with van der Waals surface area (Å²) in [6, 6.07) is 12.1. The van der Waals surface area contributed by atoms with Crippen LogP contribution in [0.3, 0.4) is 0 Å². The first-order valence-corrected chi connectivity index (χ1v) is 8.65. The van der Waals surface area contributed by atoms with Gasteiger partial charge in [0.25, 0.3) is 5.69 Å². The van der Waals surface area contributed by atoms with Crippen molar-refractivity contribution >= 4 is 16.6 Å². The van der Waals surface area contributed by atoms with Gasteiger partial charge in [-0.1, -0.05) is 18.2 Å². The maximum Gasteiger partial charge on any atom is 0.273 e. The van der Waals surface area contributed by atoms with Crippen molar-refractivity contribution in [2.75, 3.05) is 6.61 Å². The second-order valence-electron chi connectivity index (χ2n) is 6.40. The normalized spacial score (nSPS) is 17.3. The number of non-ortho nitro benzene ring substituents is 1. The van der Waals surface area contributed by atoms with Crippen LogP contribution in [0, 0.1) is 17.0 Å². The highest BCUT2D eigenvalue weighted by Crippen LogP contribution is 2.36. The zero-order valence-electron chi connectivity index (χ0n) is 14.4. The molecule has 0 saturated carbocycles. The van der Waals surface area contributed by atoms with Gasteiger partial charge in [-0.15, -0.1) is 5.10 Å². The SMILES string of the molecule is Cc1cccc2c1c(Oc1cccc([N+](=O)[O-])c1)nn2[C@@H]1CCCCO1. The maximum atomic E-state index is 11.0. The van der Waals surface area contributed by atoms with Gasteiger partial charge in [-0.3, -0.25) is 10.1 Å². The van der Waals surface area contributed by atoms with Gasteiger partial charge in [-0.2, -0.15) is 0 Å². The highest BCUT2D eigenvalue weighted by Gasteiger charge is 2.23. The first-order valence-electron chi connectivity index (χ1n) is 8.65.